The van der Waals surface area contributed by atoms with Crippen molar-refractivity contribution < 1.29 is 5.11 Å². The predicted molar refractivity (Wildman–Crippen MR) is 58.8 cm³/mol. The Morgan fingerprint density at radius 2 is 2.20 bits per heavy atom. The maximum Gasteiger partial charge on any atom is 0.229 e. The van der Waals surface area contributed by atoms with Gasteiger partial charge in [0.05, 0.1) is 0 Å². The topological polar surface area (TPSA) is 83.9 Å². The third-order valence-electron chi connectivity index (χ3n) is 1.66. The van der Waals surface area contributed by atoms with Gasteiger partial charge in [-0.1, -0.05) is 0 Å². The van der Waals surface area contributed by atoms with Crippen LogP contribution < -0.4 is 5.73 Å². The average Bonchev–Trinajstić information content (AvgIpc) is 2.69. The SMILES string of the molecule is Nc1ccc(N=Nc2nccs2)c(O)c1. The van der Waals surface area contributed by atoms with Gasteiger partial charge in [0.25, 0.3) is 0 Å². The third-order valence-corrected chi connectivity index (χ3v) is 2.32. The van der Waals surface area contributed by atoms with Gasteiger partial charge in [0.2, 0.25) is 5.13 Å². The Kier molecular flexibility index (Phi) is 2.59. The minimum absolute atomic E-state index is 0.00954. The number of phenols is 1. The number of aromatic hydroxyl groups is 1. The summed E-state index contributed by atoms with van der Waals surface area (Å²) < 4.78 is 0. The molecule has 6 heteroatoms. The van der Waals surface area contributed by atoms with Crippen LogP contribution in [0.15, 0.2) is 40.0 Å². The molecule has 0 aliphatic rings. The molecule has 0 bridgehead atoms. The first kappa shape index (κ1) is 9.60. The van der Waals surface area contributed by atoms with Crippen molar-refractivity contribution in [3.63, 3.8) is 0 Å². The summed E-state index contributed by atoms with van der Waals surface area (Å²) in [6.07, 6.45) is 1.64. The van der Waals surface area contributed by atoms with Crippen LogP contribution in [0.25, 0.3) is 0 Å². The van der Waals surface area contributed by atoms with E-state index in [4.69, 9.17) is 5.73 Å². The van der Waals surface area contributed by atoms with E-state index in [1.54, 1.807) is 23.7 Å². The lowest BCUT2D eigenvalue weighted by Gasteiger charge is -1.97. The van der Waals surface area contributed by atoms with Crippen molar-refractivity contribution in [2.24, 2.45) is 10.2 Å². The monoisotopic (exact) mass is 220 g/mol. The molecular formula is C9H8N4OS. The number of nitrogen functional groups attached to an aromatic ring is 1. The number of hydrogen-bond acceptors (Lipinski definition) is 6. The van der Waals surface area contributed by atoms with Gasteiger partial charge >= 0.3 is 0 Å². The highest BCUT2D eigenvalue weighted by Crippen LogP contribution is 2.29. The summed E-state index contributed by atoms with van der Waals surface area (Å²) in [5.74, 6) is 0.00954. The predicted octanol–water partition coefficient (Wildman–Crippen LogP) is 2.85. The van der Waals surface area contributed by atoms with Crippen LogP contribution in [0, 0.1) is 0 Å². The van der Waals surface area contributed by atoms with Crippen LogP contribution in [0.4, 0.5) is 16.5 Å². The van der Waals surface area contributed by atoms with Gasteiger partial charge in [-0.15, -0.1) is 21.6 Å². The number of rotatable bonds is 2. The molecule has 0 fully saturated rings. The normalized spacial score (nSPS) is 10.9. The molecule has 0 aliphatic carbocycles. The van der Waals surface area contributed by atoms with Crippen molar-refractivity contribution in [3.05, 3.63) is 29.8 Å². The summed E-state index contributed by atoms with van der Waals surface area (Å²) in [6, 6.07) is 4.67. The zero-order valence-electron chi connectivity index (χ0n) is 7.66. The number of benzene rings is 1. The fourth-order valence-corrected chi connectivity index (χ4v) is 1.44. The van der Waals surface area contributed by atoms with E-state index in [2.05, 4.69) is 15.2 Å². The van der Waals surface area contributed by atoms with Crippen LogP contribution in [0.3, 0.4) is 0 Å². The van der Waals surface area contributed by atoms with Crippen molar-refractivity contribution in [2.45, 2.75) is 0 Å². The van der Waals surface area contributed by atoms with Crippen molar-refractivity contribution in [2.75, 3.05) is 5.73 Å². The van der Waals surface area contributed by atoms with Crippen molar-refractivity contribution in [1.82, 2.24) is 4.98 Å². The summed E-state index contributed by atoms with van der Waals surface area (Å²) in [4.78, 5) is 3.93. The Labute approximate surface area is 89.9 Å². The van der Waals surface area contributed by atoms with Crippen molar-refractivity contribution in [3.8, 4) is 5.75 Å². The molecule has 2 aromatic rings. The largest absolute Gasteiger partial charge is 0.506 e. The van der Waals surface area contributed by atoms with E-state index >= 15 is 0 Å². The summed E-state index contributed by atoms with van der Waals surface area (Å²) in [6.45, 7) is 0. The fraction of sp³-hybridized carbons (Fsp3) is 0. The molecule has 1 aromatic carbocycles. The second-order valence-corrected chi connectivity index (χ2v) is 3.64. The van der Waals surface area contributed by atoms with Crippen LogP contribution in [0.1, 0.15) is 0 Å². The molecule has 0 saturated carbocycles. The highest BCUT2D eigenvalue weighted by Gasteiger charge is 1.99. The Hall–Kier alpha value is -1.95. The zero-order chi connectivity index (χ0) is 10.7. The van der Waals surface area contributed by atoms with E-state index in [1.807, 2.05) is 0 Å². The first-order valence-electron chi connectivity index (χ1n) is 4.15. The van der Waals surface area contributed by atoms with Gasteiger partial charge in [-0.2, -0.15) is 0 Å². The number of thiazole rings is 1. The zero-order valence-corrected chi connectivity index (χ0v) is 8.48. The highest BCUT2D eigenvalue weighted by molar-refractivity contribution is 7.13. The molecule has 76 valence electrons. The minimum Gasteiger partial charge on any atom is -0.506 e. The average molecular weight is 220 g/mol. The lowest BCUT2D eigenvalue weighted by atomic mass is 10.3. The van der Waals surface area contributed by atoms with Gasteiger partial charge in [-0.3, -0.25) is 0 Å². The van der Waals surface area contributed by atoms with Crippen LogP contribution in [0.5, 0.6) is 5.75 Å². The van der Waals surface area contributed by atoms with Gasteiger partial charge in [-0.25, -0.2) is 4.98 Å². The van der Waals surface area contributed by atoms with Crippen LogP contribution >= 0.6 is 11.3 Å². The number of phenolic OH excluding ortho intramolecular Hbond substituents is 1. The first-order chi connectivity index (χ1) is 7.25. The molecule has 1 heterocycles. The van der Waals surface area contributed by atoms with Crippen LogP contribution in [-0.2, 0) is 0 Å². The standard InChI is InChI=1S/C9H8N4OS/c10-6-1-2-7(8(14)5-6)12-13-9-11-3-4-15-9/h1-5,14H,10H2. The molecule has 15 heavy (non-hydrogen) atoms. The Balaban J connectivity index is 2.24. The smallest absolute Gasteiger partial charge is 0.229 e. The van der Waals surface area contributed by atoms with Gasteiger partial charge in [0, 0.05) is 23.3 Å². The molecule has 3 N–H and O–H groups in total. The maximum absolute atomic E-state index is 9.47. The van der Waals surface area contributed by atoms with Crippen LogP contribution in [0.2, 0.25) is 0 Å². The first-order valence-corrected chi connectivity index (χ1v) is 5.03. The molecule has 0 spiro atoms. The number of nitrogens with two attached hydrogens (primary N) is 1. The Morgan fingerprint density at radius 3 is 2.87 bits per heavy atom. The number of anilines is 1. The van der Waals surface area contributed by atoms with E-state index in [-0.39, 0.29) is 5.75 Å². The third kappa shape index (κ3) is 2.29. The van der Waals surface area contributed by atoms with Gasteiger partial charge < -0.3 is 10.8 Å². The van der Waals surface area contributed by atoms with Gasteiger partial charge in [0.1, 0.15) is 11.4 Å². The number of azo groups is 1. The fourth-order valence-electron chi connectivity index (χ4n) is 0.987. The summed E-state index contributed by atoms with van der Waals surface area (Å²) in [5, 5.41) is 19.5. The molecule has 2 rings (SSSR count). The molecular weight excluding hydrogens is 212 g/mol. The van der Waals surface area contributed by atoms with E-state index in [1.165, 1.54) is 17.4 Å². The quantitative estimate of drug-likeness (QED) is 0.602. The minimum atomic E-state index is 0.00954. The lowest BCUT2D eigenvalue weighted by molar-refractivity contribution is 0.476. The van der Waals surface area contributed by atoms with Crippen molar-refractivity contribution in [1.29, 1.82) is 0 Å². The molecule has 5 nitrogen and oxygen atoms in total. The second kappa shape index (κ2) is 4.05. The molecule has 0 aliphatic heterocycles. The van der Waals surface area contributed by atoms with E-state index in [0.29, 0.717) is 16.5 Å². The Bertz CT molecular complexity index is 481. The molecule has 1 aromatic heterocycles. The number of hydrogen-bond donors (Lipinski definition) is 2. The van der Waals surface area contributed by atoms with Gasteiger partial charge in [0.15, 0.2) is 0 Å². The van der Waals surface area contributed by atoms with Crippen LogP contribution in [-0.4, -0.2) is 10.1 Å². The summed E-state index contributed by atoms with van der Waals surface area (Å²) in [7, 11) is 0. The van der Waals surface area contributed by atoms with Gasteiger partial charge in [-0.05, 0) is 12.1 Å². The molecule has 0 atom stereocenters. The van der Waals surface area contributed by atoms with Crippen molar-refractivity contribution >= 4 is 27.8 Å². The molecule has 0 amide bonds. The number of aromatic nitrogens is 1. The molecule has 0 unspecified atom stereocenters. The number of nitrogens with zero attached hydrogens (tertiary/aromatic N) is 3. The van der Waals surface area contributed by atoms with E-state index < -0.39 is 0 Å². The second-order valence-electron chi connectivity index (χ2n) is 2.76. The highest BCUT2D eigenvalue weighted by atomic mass is 32.1. The summed E-state index contributed by atoms with van der Waals surface area (Å²) >= 11 is 1.37. The van der Waals surface area contributed by atoms with E-state index in [9.17, 15) is 5.11 Å². The molecule has 0 saturated heterocycles. The summed E-state index contributed by atoms with van der Waals surface area (Å²) in [5.41, 5.74) is 6.34. The maximum atomic E-state index is 9.47. The molecule has 0 radical (unpaired) electrons. The van der Waals surface area contributed by atoms with E-state index in [0.717, 1.165) is 0 Å². The lowest BCUT2D eigenvalue weighted by Crippen LogP contribution is -1.81. The Morgan fingerprint density at radius 1 is 1.33 bits per heavy atom.